The average molecular weight is 164 g/mol. The van der Waals surface area contributed by atoms with Crippen LogP contribution in [-0.2, 0) is 5.41 Å². The lowest BCUT2D eigenvalue weighted by Crippen LogP contribution is -2.12. The summed E-state index contributed by atoms with van der Waals surface area (Å²) >= 11 is 0. The van der Waals surface area contributed by atoms with Crippen molar-refractivity contribution in [3.8, 4) is 0 Å². The van der Waals surface area contributed by atoms with Crippen LogP contribution in [0.15, 0.2) is 12.1 Å². The molecule has 0 aliphatic rings. The van der Waals surface area contributed by atoms with Crippen molar-refractivity contribution in [3.63, 3.8) is 0 Å². The molecule has 0 unspecified atom stereocenters. The third-order valence-electron chi connectivity index (χ3n) is 1.84. The maximum absolute atomic E-state index is 5.64. The molecule has 1 aromatic heterocycles. The largest absolute Gasteiger partial charge is 0.384 e. The summed E-state index contributed by atoms with van der Waals surface area (Å²) in [6.07, 6.45) is 0. The van der Waals surface area contributed by atoms with E-state index in [4.69, 9.17) is 5.73 Å². The Kier molecular flexibility index (Phi) is 2.09. The highest BCUT2D eigenvalue weighted by Crippen LogP contribution is 2.23. The van der Waals surface area contributed by atoms with E-state index in [0.29, 0.717) is 5.82 Å². The molecule has 0 atom stereocenters. The third-order valence-corrected chi connectivity index (χ3v) is 1.84. The van der Waals surface area contributed by atoms with E-state index in [0.717, 1.165) is 5.69 Å². The van der Waals surface area contributed by atoms with Crippen LogP contribution in [0.2, 0.25) is 0 Å². The number of nitrogens with two attached hydrogens (primary N) is 1. The molecule has 0 saturated carbocycles. The van der Waals surface area contributed by atoms with E-state index in [-0.39, 0.29) is 5.41 Å². The van der Waals surface area contributed by atoms with E-state index in [1.54, 1.807) is 0 Å². The SMILES string of the molecule is Cc1cc(C(C)(C)C)cc(N)n1. The number of aromatic nitrogens is 1. The van der Waals surface area contributed by atoms with Crippen LogP contribution in [0.5, 0.6) is 0 Å². The Morgan fingerprint density at radius 1 is 1.25 bits per heavy atom. The molecule has 0 spiro atoms. The molecule has 1 aromatic rings. The van der Waals surface area contributed by atoms with Gasteiger partial charge in [0.05, 0.1) is 0 Å². The van der Waals surface area contributed by atoms with Crippen molar-refractivity contribution in [2.45, 2.75) is 33.1 Å². The smallest absolute Gasteiger partial charge is 0.123 e. The number of hydrogen-bond donors (Lipinski definition) is 1. The molecule has 0 aliphatic heterocycles. The van der Waals surface area contributed by atoms with E-state index >= 15 is 0 Å². The Balaban J connectivity index is 3.18. The van der Waals surface area contributed by atoms with Crippen LogP contribution in [0, 0.1) is 6.92 Å². The second-order valence-corrected chi connectivity index (χ2v) is 4.17. The van der Waals surface area contributed by atoms with Crippen LogP contribution in [0.4, 0.5) is 5.82 Å². The van der Waals surface area contributed by atoms with Crippen molar-refractivity contribution >= 4 is 5.82 Å². The standard InChI is InChI=1S/C10H16N2/c1-7-5-8(10(2,3)4)6-9(11)12-7/h5-6H,1-4H3,(H2,11,12). The van der Waals surface area contributed by atoms with Crippen LogP contribution in [0.1, 0.15) is 32.0 Å². The van der Waals surface area contributed by atoms with Crippen molar-refractivity contribution in [1.29, 1.82) is 0 Å². The molecule has 0 aromatic carbocycles. The summed E-state index contributed by atoms with van der Waals surface area (Å²) in [7, 11) is 0. The van der Waals surface area contributed by atoms with Gasteiger partial charge in [0, 0.05) is 5.69 Å². The Labute approximate surface area is 73.8 Å². The fraction of sp³-hybridized carbons (Fsp3) is 0.500. The van der Waals surface area contributed by atoms with Gasteiger partial charge >= 0.3 is 0 Å². The zero-order valence-corrected chi connectivity index (χ0v) is 8.18. The van der Waals surface area contributed by atoms with Gasteiger partial charge < -0.3 is 5.73 Å². The maximum Gasteiger partial charge on any atom is 0.123 e. The van der Waals surface area contributed by atoms with Gasteiger partial charge in [-0.2, -0.15) is 0 Å². The number of anilines is 1. The van der Waals surface area contributed by atoms with Gasteiger partial charge in [-0.3, -0.25) is 0 Å². The molecule has 2 N–H and O–H groups in total. The van der Waals surface area contributed by atoms with E-state index in [2.05, 4.69) is 31.8 Å². The Morgan fingerprint density at radius 3 is 2.25 bits per heavy atom. The number of nitrogens with zero attached hydrogens (tertiary/aromatic N) is 1. The van der Waals surface area contributed by atoms with Crippen molar-refractivity contribution in [3.05, 3.63) is 23.4 Å². The average Bonchev–Trinajstić information content (AvgIpc) is 1.82. The lowest BCUT2D eigenvalue weighted by atomic mass is 9.87. The molecular formula is C10H16N2. The zero-order chi connectivity index (χ0) is 9.35. The highest BCUT2D eigenvalue weighted by Gasteiger charge is 2.14. The number of nitrogen functional groups attached to an aromatic ring is 1. The number of aryl methyl sites for hydroxylation is 1. The predicted octanol–water partition coefficient (Wildman–Crippen LogP) is 2.27. The first kappa shape index (κ1) is 9.04. The molecule has 1 rings (SSSR count). The van der Waals surface area contributed by atoms with Crippen LogP contribution in [0.25, 0.3) is 0 Å². The second kappa shape index (κ2) is 2.77. The van der Waals surface area contributed by atoms with Gasteiger partial charge in [0.2, 0.25) is 0 Å². The monoisotopic (exact) mass is 164 g/mol. The van der Waals surface area contributed by atoms with Gasteiger partial charge in [-0.05, 0) is 30.0 Å². The van der Waals surface area contributed by atoms with Gasteiger partial charge in [-0.15, -0.1) is 0 Å². The van der Waals surface area contributed by atoms with Crippen LogP contribution in [0.3, 0.4) is 0 Å². The fourth-order valence-electron chi connectivity index (χ4n) is 1.13. The van der Waals surface area contributed by atoms with Gasteiger partial charge in [0.25, 0.3) is 0 Å². The minimum atomic E-state index is 0.155. The molecule has 66 valence electrons. The Hall–Kier alpha value is -1.05. The summed E-state index contributed by atoms with van der Waals surface area (Å²) in [5.41, 5.74) is 8.03. The third kappa shape index (κ3) is 1.97. The minimum Gasteiger partial charge on any atom is -0.384 e. The maximum atomic E-state index is 5.64. The molecule has 0 radical (unpaired) electrons. The van der Waals surface area contributed by atoms with Crippen molar-refractivity contribution < 1.29 is 0 Å². The van der Waals surface area contributed by atoms with E-state index < -0.39 is 0 Å². The Morgan fingerprint density at radius 2 is 1.83 bits per heavy atom. The first-order chi connectivity index (χ1) is 5.39. The fourth-order valence-corrected chi connectivity index (χ4v) is 1.13. The second-order valence-electron chi connectivity index (χ2n) is 4.17. The molecule has 0 saturated heterocycles. The Bertz CT molecular complexity index is 264. The molecule has 0 bridgehead atoms. The number of rotatable bonds is 0. The quantitative estimate of drug-likeness (QED) is 0.638. The van der Waals surface area contributed by atoms with Crippen LogP contribution >= 0.6 is 0 Å². The highest BCUT2D eigenvalue weighted by atomic mass is 14.8. The van der Waals surface area contributed by atoms with Crippen LogP contribution < -0.4 is 5.73 Å². The van der Waals surface area contributed by atoms with E-state index in [1.807, 2.05) is 13.0 Å². The number of hydrogen-bond acceptors (Lipinski definition) is 2. The first-order valence-corrected chi connectivity index (χ1v) is 4.14. The highest BCUT2D eigenvalue weighted by molar-refractivity contribution is 5.37. The normalized spacial score (nSPS) is 11.7. The number of pyridine rings is 1. The summed E-state index contributed by atoms with van der Waals surface area (Å²) in [5.74, 6) is 0.611. The van der Waals surface area contributed by atoms with Gasteiger partial charge in [0.1, 0.15) is 5.82 Å². The van der Waals surface area contributed by atoms with E-state index in [9.17, 15) is 0 Å². The topological polar surface area (TPSA) is 38.9 Å². The van der Waals surface area contributed by atoms with E-state index in [1.165, 1.54) is 5.56 Å². The molecule has 0 fully saturated rings. The lowest BCUT2D eigenvalue weighted by Gasteiger charge is -2.19. The van der Waals surface area contributed by atoms with Crippen LogP contribution in [-0.4, -0.2) is 4.98 Å². The molecule has 0 aliphatic carbocycles. The minimum absolute atomic E-state index is 0.155. The molecule has 12 heavy (non-hydrogen) atoms. The first-order valence-electron chi connectivity index (χ1n) is 4.14. The molecule has 1 heterocycles. The van der Waals surface area contributed by atoms with Crippen molar-refractivity contribution in [1.82, 2.24) is 4.98 Å². The summed E-state index contributed by atoms with van der Waals surface area (Å²) in [5, 5.41) is 0. The zero-order valence-electron chi connectivity index (χ0n) is 8.18. The summed E-state index contributed by atoms with van der Waals surface area (Å²) in [4.78, 5) is 4.13. The van der Waals surface area contributed by atoms with Gasteiger partial charge in [-0.1, -0.05) is 20.8 Å². The molecule has 2 nitrogen and oxygen atoms in total. The lowest BCUT2D eigenvalue weighted by molar-refractivity contribution is 0.589. The van der Waals surface area contributed by atoms with Crippen molar-refractivity contribution in [2.24, 2.45) is 0 Å². The van der Waals surface area contributed by atoms with Gasteiger partial charge in [0.15, 0.2) is 0 Å². The summed E-state index contributed by atoms with van der Waals surface area (Å²) in [6, 6.07) is 4.02. The van der Waals surface area contributed by atoms with Gasteiger partial charge in [-0.25, -0.2) is 4.98 Å². The van der Waals surface area contributed by atoms with Crippen molar-refractivity contribution in [2.75, 3.05) is 5.73 Å². The molecule has 2 heteroatoms. The summed E-state index contributed by atoms with van der Waals surface area (Å²) < 4.78 is 0. The summed E-state index contributed by atoms with van der Waals surface area (Å²) in [6.45, 7) is 8.47. The predicted molar refractivity (Wildman–Crippen MR) is 52.1 cm³/mol. The molecular weight excluding hydrogens is 148 g/mol. The molecule has 0 amide bonds.